The first kappa shape index (κ1) is 20.9. The van der Waals surface area contributed by atoms with Gasteiger partial charge < -0.3 is 14.2 Å². The average molecular weight is 479 g/mol. The molecule has 0 radical (unpaired) electrons. The van der Waals surface area contributed by atoms with Gasteiger partial charge in [-0.15, -0.1) is 0 Å². The summed E-state index contributed by atoms with van der Waals surface area (Å²) in [7, 11) is 0. The fourth-order valence-electron chi connectivity index (χ4n) is 4.79. The first-order chi connectivity index (χ1) is 16.5. The predicted octanol–water partition coefficient (Wildman–Crippen LogP) is 3.57. The lowest BCUT2D eigenvalue weighted by molar-refractivity contribution is -0.159. The van der Waals surface area contributed by atoms with Gasteiger partial charge in [0, 0.05) is 29.5 Å². The number of para-hydroxylation sites is 1. The number of rotatable bonds is 5. The van der Waals surface area contributed by atoms with Crippen LogP contribution in [0.25, 0.3) is 11.4 Å². The third-order valence-corrected chi connectivity index (χ3v) is 6.69. The minimum atomic E-state index is -1.51. The topological polar surface area (TPSA) is 106 Å². The zero-order valence-electron chi connectivity index (χ0n) is 17.9. The molecule has 0 N–H and O–H groups in total. The average Bonchev–Trinajstić information content (AvgIpc) is 3.45. The van der Waals surface area contributed by atoms with Crippen LogP contribution in [0.3, 0.4) is 0 Å². The number of ether oxygens (including phenoxy) is 1. The third kappa shape index (κ3) is 3.11. The molecule has 3 aromatic rings. The van der Waals surface area contributed by atoms with Gasteiger partial charge in [0.2, 0.25) is 17.4 Å². The van der Waals surface area contributed by atoms with E-state index in [0.717, 1.165) is 12.8 Å². The van der Waals surface area contributed by atoms with E-state index in [1.54, 1.807) is 53.4 Å². The molecular weight excluding hydrogens is 460 g/mol. The number of hydrogen-bond donors (Lipinski definition) is 0. The van der Waals surface area contributed by atoms with Gasteiger partial charge in [0.05, 0.1) is 11.3 Å². The number of halogens is 1. The summed E-state index contributed by atoms with van der Waals surface area (Å²) in [5.41, 5.74) is 0.0402. The van der Waals surface area contributed by atoms with Crippen LogP contribution in [0.5, 0.6) is 0 Å². The molecule has 1 atom stereocenters. The summed E-state index contributed by atoms with van der Waals surface area (Å²) in [4.78, 5) is 47.3. The van der Waals surface area contributed by atoms with E-state index in [1.807, 2.05) is 0 Å². The number of anilines is 1. The highest BCUT2D eigenvalue weighted by atomic mass is 35.5. The molecule has 1 unspecified atom stereocenters. The number of amides is 2. The Hall–Kier alpha value is -3.72. The van der Waals surface area contributed by atoms with Crippen LogP contribution in [0.2, 0.25) is 5.02 Å². The molecule has 9 nitrogen and oxygen atoms in total. The quantitative estimate of drug-likeness (QED) is 0.516. The van der Waals surface area contributed by atoms with E-state index >= 15 is 0 Å². The zero-order valence-corrected chi connectivity index (χ0v) is 18.7. The molecule has 1 saturated carbocycles. The Balaban J connectivity index is 1.30. The summed E-state index contributed by atoms with van der Waals surface area (Å²) in [5.74, 6) is -0.723. The van der Waals surface area contributed by atoms with Crippen LogP contribution < -0.4 is 4.90 Å². The molecule has 10 heteroatoms. The second-order valence-electron chi connectivity index (χ2n) is 8.56. The van der Waals surface area contributed by atoms with Gasteiger partial charge in [-0.1, -0.05) is 28.9 Å². The van der Waals surface area contributed by atoms with Crippen LogP contribution >= 0.6 is 11.6 Å². The normalized spacial score (nSPS) is 21.4. The van der Waals surface area contributed by atoms with Crippen molar-refractivity contribution < 1.29 is 23.6 Å². The van der Waals surface area contributed by atoms with Crippen LogP contribution in [0, 0.1) is 0 Å². The smallest absolute Gasteiger partial charge is 0.354 e. The van der Waals surface area contributed by atoms with Crippen molar-refractivity contribution in [3.05, 3.63) is 65.0 Å². The number of nitrogens with zero attached hydrogens (tertiary/aromatic N) is 4. The summed E-state index contributed by atoms with van der Waals surface area (Å²) in [6, 6.07) is 13.7. The van der Waals surface area contributed by atoms with Crippen molar-refractivity contribution in [2.75, 3.05) is 4.90 Å². The first-order valence-corrected chi connectivity index (χ1v) is 11.4. The zero-order chi connectivity index (χ0) is 23.4. The van der Waals surface area contributed by atoms with Crippen LogP contribution in [-0.2, 0) is 20.9 Å². The Labute approximate surface area is 199 Å². The molecule has 1 saturated heterocycles. The lowest BCUT2D eigenvalue weighted by Gasteiger charge is -2.48. The van der Waals surface area contributed by atoms with E-state index < -0.39 is 11.6 Å². The molecule has 2 aromatic carbocycles. The Bertz CT molecular complexity index is 1320. The van der Waals surface area contributed by atoms with E-state index in [1.165, 1.54) is 4.90 Å². The maximum absolute atomic E-state index is 13.6. The first-order valence-electron chi connectivity index (χ1n) is 11.0. The summed E-state index contributed by atoms with van der Waals surface area (Å²) in [6.45, 7) is -0.280. The van der Waals surface area contributed by atoms with E-state index in [4.69, 9.17) is 20.9 Å². The van der Waals surface area contributed by atoms with E-state index in [9.17, 15) is 14.4 Å². The van der Waals surface area contributed by atoms with Crippen molar-refractivity contribution in [3.8, 4) is 11.4 Å². The van der Waals surface area contributed by atoms with Gasteiger partial charge in [0.15, 0.2) is 6.61 Å². The van der Waals surface area contributed by atoms with Crippen LogP contribution in [0.1, 0.15) is 41.9 Å². The number of aromatic nitrogens is 2. The number of hydrogen-bond acceptors (Lipinski definition) is 7. The monoisotopic (exact) mass is 478 g/mol. The second kappa shape index (κ2) is 7.66. The number of esters is 1. The number of carbonyl (C=O) groups is 3. The standard InChI is InChI=1S/C24H19ClN4O5/c25-15-7-5-14(6-8-15)21-26-19(34-27-21)13-33-23(32)24-12-11-20(30)29(24)18-4-2-1-3-17(18)22(31)28(24)16-9-10-16/h1-8,16H,9-13H2. The van der Waals surface area contributed by atoms with Crippen molar-refractivity contribution in [1.29, 1.82) is 0 Å². The fraction of sp³-hybridized carbons (Fsp3) is 0.292. The molecule has 2 amide bonds. The predicted molar refractivity (Wildman–Crippen MR) is 120 cm³/mol. The molecule has 172 valence electrons. The highest BCUT2D eigenvalue weighted by molar-refractivity contribution is 6.30. The van der Waals surface area contributed by atoms with Crippen LogP contribution in [-0.4, -0.2) is 44.5 Å². The number of carbonyl (C=O) groups excluding carboxylic acids is 3. The van der Waals surface area contributed by atoms with Crippen molar-refractivity contribution >= 4 is 35.1 Å². The Morgan fingerprint density at radius 3 is 2.68 bits per heavy atom. The van der Waals surface area contributed by atoms with Gasteiger partial charge >= 0.3 is 5.97 Å². The van der Waals surface area contributed by atoms with Crippen molar-refractivity contribution in [2.45, 2.75) is 44.0 Å². The fourth-order valence-corrected chi connectivity index (χ4v) is 4.91. The summed E-state index contributed by atoms with van der Waals surface area (Å²) < 4.78 is 10.9. The molecule has 3 heterocycles. The van der Waals surface area contributed by atoms with Gasteiger partial charge in [-0.3, -0.25) is 14.5 Å². The minimum absolute atomic E-state index is 0.103. The van der Waals surface area contributed by atoms with E-state index in [0.29, 0.717) is 27.7 Å². The Kier molecular flexibility index (Phi) is 4.70. The molecule has 1 aromatic heterocycles. The number of fused-ring (bicyclic) bond motifs is 3. The maximum Gasteiger partial charge on any atom is 0.354 e. The minimum Gasteiger partial charge on any atom is -0.452 e. The van der Waals surface area contributed by atoms with Gasteiger partial charge in [0.25, 0.3) is 11.8 Å². The molecule has 3 aliphatic rings. The third-order valence-electron chi connectivity index (χ3n) is 6.44. The summed E-state index contributed by atoms with van der Waals surface area (Å²) >= 11 is 5.92. The summed E-state index contributed by atoms with van der Waals surface area (Å²) in [6.07, 6.45) is 1.86. The molecular formula is C24H19ClN4O5. The SMILES string of the molecule is O=C1CCC2(C(=O)OCc3nc(-c4ccc(Cl)cc4)no3)N1c1ccccc1C(=O)N2C1CC1. The van der Waals surface area contributed by atoms with Crippen LogP contribution in [0.4, 0.5) is 5.69 Å². The van der Waals surface area contributed by atoms with Gasteiger partial charge in [-0.2, -0.15) is 4.98 Å². The van der Waals surface area contributed by atoms with Gasteiger partial charge in [-0.25, -0.2) is 4.79 Å². The lowest BCUT2D eigenvalue weighted by atomic mass is 9.96. The lowest BCUT2D eigenvalue weighted by Crippen LogP contribution is -2.69. The van der Waals surface area contributed by atoms with Gasteiger partial charge in [-0.05, 0) is 49.2 Å². The maximum atomic E-state index is 13.6. The molecule has 2 aliphatic heterocycles. The van der Waals surface area contributed by atoms with Crippen molar-refractivity contribution in [2.24, 2.45) is 0 Å². The molecule has 0 spiro atoms. The van der Waals surface area contributed by atoms with Crippen molar-refractivity contribution in [1.82, 2.24) is 15.0 Å². The Morgan fingerprint density at radius 1 is 1.15 bits per heavy atom. The van der Waals surface area contributed by atoms with Crippen molar-refractivity contribution in [3.63, 3.8) is 0 Å². The molecule has 2 fully saturated rings. The van der Waals surface area contributed by atoms with E-state index in [-0.39, 0.29) is 43.2 Å². The Morgan fingerprint density at radius 2 is 1.91 bits per heavy atom. The highest BCUT2D eigenvalue weighted by Crippen LogP contribution is 2.49. The summed E-state index contributed by atoms with van der Waals surface area (Å²) in [5, 5.41) is 4.51. The largest absolute Gasteiger partial charge is 0.452 e. The number of benzene rings is 2. The second-order valence-corrected chi connectivity index (χ2v) is 9.00. The highest BCUT2D eigenvalue weighted by Gasteiger charge is 2.64. The van der Waals surface area contributed by atoms with Gasteiger partial charge in [0.1, 0.15) is 0 Å². The van der Waals surface area contributed by atoms with Crippen LogP contribution in [0.15, 0.2) is 53.1 Å². The molecule has 34 heavy (non-hydrogen) atoms. The molecule has 1 aliphatic carbocycles. The molecule has 0 bridgehead atoms. The van der Waals surface area contributed by atoms with E-state index in [2.05, 4.69) is 10.1 Å². The molecule has 6 rings (SSSR count).